The van der Waals surface area contributed by atoms with Crippen molar-refractivity contribution in [2.75, 3.05) is 10.6 Å². The molecular weight excluding hydrogens is 330 g/mol. The van der Waals surface area contributed by atoms with Crippen molar-refractivity contribution in [2.45, 2.75) is 33.2 Å². The van der Waals surface area contributed by atoms with E-state index < -0.39 is 0 Å². The third-order valence-corrected chi connectivity index (χ3v) is 3.84. The minimum atomic E-state index is -0.297. The summed E-state index contributed by atoms with van der Waals surface area (Å²) in [6, 6.07) is 13.5. The molecular formula is C20H23N3O3. The van der Waals surface area contributed by atoms with Crippen LogP contribution in [0.5, 0.6) is 0 Å². The van der Waals surface area contributed by atoms with E-state index >= 15 is 0 Å². The van der Waals surface area contributed by atoms with Crippen molar-refractivity contribution in [3.8, 4) is 0 Å². The number of rotatable bonds is 6. The van der Waals surface area contributed by atoms with Gasteiger partial charge in [-0.05, 0) is 55.8 Å². The van der Waals surface area contributed by atoms with Gasteiger partial charge in [0.05, 0.1) is 0 Å². The zero-order valence-electron chi connectivity index (χ0n) is 15.1. The van der Waals surface area contributed by atoms with Crippen LogP contribution in [0.2, 0.25) is 0 Å². The van der Waals surface area contributed by atoms with Crippen LogP contribution in [-0.2, 0) is 4.79 Å². The molecule has 0 heterocycles. The Morgan fingerprint density at radius 3 is 2.19 bits per heavy atom. The number of carbonyl (C=O) groups excluding carboxylic acids is 3. The lowest BCUT2D eigenvalue weighted by Gasteiger charge is -2.12. The Labute approximate surface area is 153 Å². The Bertz CT molecular complexity index is 800. The minimum Gasteiger partial charge on any atom is -0.350 e. The number of amides is 3. The van der Waals surface area contributed by atoms with Crippen LogP contribution in [0.15, 0.2) is 48.5 Å². The lowest BCUT2D eigenvalue weighted by Crippen LogP contribution is -2.31. The van der Waals surface area contributed by atoms with E-state index in [0.717, 1.165) is 6.42 Å². The van der Waals surface area contributed by atoms with Gasteiger partial charge in [0.1, 0.15) is 0 Å². The van der Waals surface area contributed by atoms with Gasteiger partial charge in [-0.15, -0.1) is 0 Å². The molecule has 2 rings (SSSR count). The number of hydrogen-bond donors (Lipinski definition) is 3. The predicted molar refractivity (Wildman–Crippen MR) is 102 cm³/mol. The summed E-state index contributed by atoms with van der Waals surface area (Å²) in [7, 11) is 0. The van der Waals surface area contributed by atoms with E-state index in [1.807, 2.05) is 13.8 Å². The van der Waals surface area contributed by atoms with Gasteiger partial charge in [-0.2, -0.15) is 0 Å². The van der Waals surface area contributed by atoms with Gasteiger partial charge in [-0.25, -0.2) is 0 Å². The van der Waals surface area contributed by atoms with Crippen molar-refractivity contribution < 1.29 is 14.4 Å². The number of anilines is 2. The molecule has 0 aliphatic heterocycles. The molecule has 26 heavy (non-hydrogen) atoms. The van der Waals surface area contributed by atoms with Gasteiger partial charge in [0, 0.05) is 35.5 Å². The van der Waals surface area contributed by atoms with Gasteiger partial charge in [-0.1, -0.05) is 13.0 Å². The maximum Gasteiger partial charge on any atom is 0.255 e. The van der Waals surface area contributed by atoms with Crippen LogP contribution in [0.4, 0.5) is 11.4 Å². The topological polar surface area (TPSA) is 87.3 Å². The summed E-state index contributed by atoms with van der Waals surface area (Å²) in [5.74, 6) is -0.636. The molecule has 1 atom stereocenters. The molecule has 0 aliphatic rings. The van der Waals surface area contributed by atoms with Gasteiger partial charge >= 0.3 is 0 Å². The molecule has 0 fully saturated rings. The van der Waals surface area contributed by atoms with Gasteiger partial charge in [-0.3, -0.25) is 14.4 Å². The monoisotopic (exact) mass is 353 g/mol. The summed E-state index contributed by atoms with van der Waals surface area (Å²) >= 11 is 0. The second-order valence-corrected chi connectivity index (χ2v) is 6.08. The molecule has 1 unspecified atom stereocenters. The minimum absolute atomic E-state index is 0.109. The molecule has 0 saturated heterocycles. The van der Waals surface area contributed by atoms with Crippen LogP contribution in [0.3, 0.4) is 0 Å². The third-order valence-electron chi connectivity index (χ3n) is 3.84. The van der Waals surface area contributed by atoms with E-state index in [0.29, 0.717) is 22.5 Å². The summed E-state index contributed by atoms with van der Waals surface area (Å²) < 4.78 is 0. The number of benzene rings is 2. The van der Waals surface area contributed by atoms with E-state index in [9.17, 15) is 14.4 Å². The normalized spacial score (nSPS) is 11.3. The van der Waals surface area contributed by atoms with Crippen molar-refractivity contribution >= 4 is 29.1 Å². The van der Waals surface area contributed by atoms with Crippen molar-refractivity contribution in [3.05, 3.63) is 59.7 Å². The van der Waals surface area contributed by atoms with Crippen LogP contribution in [-0.4, -0.2) is 23.8 Å². The molecule has 3 amide bonds. The van der Waals surface area contributed by atoms with E-state index in [1.165, 1.54) is 6.92 Å². The van der Waals surface area contributed by atoms with Gasteiger partial charge in [0.2, 0.25) is 5.91 Å². The van der Waals surface area contributed by atoms with Crippen LogP contribution < -0.4 is 16.0 Å². The fraction of sp³-hybridized carbons (Fsp3) is 0.250. The average molecular weight is 353 g/mol. The lowest BCUT2D eigenvalue weighted by atomic mass is 10.1. The lowest BCUT2D eigenvalue weighted by molar-refractivity contribution is -0.114. The Kier molecular flexibility index (Phi) is 6.49. The maximum absolute atomic E-state index is 12.4. The van der Waals surface area contributed by atoms with Crippen LogP contribution >= 0.6 is 0 Å². The second kappa shape index (κ2) is 8.80. The van der Waals surface area contributed by atoms with Gasteiger partial charge in [0.25, 0.3) is 11.8 Å². The molecule has 0 radical (unpaired) electrons. The van der Waals surface area contributed by atoms with Crippen molar-refractivity contribution in [1.82, 2.24) is 5.32 Å². The maximum atomic E-state index is 12.4. The number of nitrogens with one attached hydrogen (secondary N) is 3. The average Bonchev–Trinajstić information content (AvgIpc) is 2.61. The second-order valence-electron chi connectivity index (χ2n) is 6.08. The molecule has 0 bridgehead atoms. The first kappa shape index (κ1) is 19.2. The van der Waals surface area contributed by atoms with E-state index in [4.69, 9.17) is 0 Å². The standard InChI is InChI=1S/C20H23N3O3/c1-4-13(2)21-19(25)15-8-10-17(11-9-15)23-20(26)16-6-5-7-18(12-16)22-14(3)24/h5-13H,4H2,1-3H3,(H,21,25)(H,22,24)(H,23,26). The summed E-state index contributed by atoms with van der Waals surface area (Å²) in [5, 5.41) is 8.31. The summed E-state index contributed by atoms with van der Waals surface area (Å²) in [6.45, 7) is 5.36. The highest BCUT2D eigenvalue weighted by Crippen LogP contribution is 2.15. The molecule has 3 N–H and O–H groups in total. The highest BCUT2D eigenvalue weighted by Gasteiger charge is 2.10. The number of carbonyl (C=O) groups is 3. The highest BCUT2D eigenvalue weighted by molar-refractivity contribution is 6.05. The van der Waals surface area contributed by atoms with Gasteiger partial charge in [0.15, 0.2) is 0 Å². The summed E-state index contributed by atoms with van der Waals surface area (Å²) in [4.78, 5) is 35.5. The molecule has 6 heteroatoms. The van der Waals surface area contributed by atoms with Crippen molar-refractivity contribution in [3.63, 3.8) is 0 Å². The third kappa shape index (κ3) is 5.44. The SMILES string of the molecule is CCC(C)NC(=O)c1ccc(NC(=O)c2cccc(NC(C)=O)c2)cc1. The van der Waals surface area contributed by atoms with Gasteiger partial charge < -0.3 is 16.0 Å². The summed E-state index contributed by atoms with van der Waals surface area (Å²) in [6.07, 6.45) is 0.859. The predicted octanol–water partition coefficient (Wildman–Crippen LogP) is 3.43. The van der Waals surface area contributed by atoms with Crippen LogP contribution in [0, 0.1) is 0 Å². The Morgan fingerprint density at radius 2 is 1.58 bits per heavy atom. The van der Waals surface area contributed by atoms with E-state index in [1.54, 1.807) is 48.5 Å². The fourth-order valence-electron chi connectivity index (χ4n) is 2.26. The molecule has 2 aromatic carbocycles. The fourth-order valence-corrected chi connectivity index (χ4v) is 2.26. The zero-order chi connectivity index (χ0) is 19.1. The first-order chi connectivity index (χ1) is 12.4. The quantitative estimate of drug-likeness (QED) is 0.743. The molecule has 0 saturated carbocycles. The molecule has 6 nitrogen and oxygen atoms in total. The number of hydrogen-bond acceptors (Lipinski definition) is 3. The summed E-state index contributed by atoms with van der Waals surface area (Å²) in [5.41, 5.74) is 2.10. The van der Waals surface area contributed by atoms with Crippen LogP contribution in [0.25, 0.3) is 0 Å². The molecule has 0 spiro atoms. The first-order valence-electron chi connectivity index (χ1n) is 8.49. The molecule has 2 aromatic rings. The largest absolute Gasteiger partial charge is 0.350 e. The molecule has 0 aromatic heterocycles. The Hall–Kier alpha value is -3.15. The van der Waals surface area contributed by atoms with Crippen molar-refractivity contribution in [2.24, 2.45) is 0 Å². The Balaban J connectivity index is 2.03. The Morgan fingerprint density at radius 1 is 0.885 bits per heavy atom. The van der Waals surface area contributed by atoms with E-state index in [2.05, 4.69) is 16.0 Å². The zero-order valence-corrected chi connectivity index (χ0v) is 15.1. The first-order valence-corrected chi connectivity index (χ1v) is 8.49. The smallest absolute Gasteiger partial charge is 0.255 e. The molecule has 0 aliphatic carbocycles. The molecule has 136 valence electrons. The van der Waals surface area contributed by atoms with Crippen molar-refractivity contribution in [1.29, 1.82) is 0 Å². The highest BCUT2D eigenvalue weighted by atomic mass is 16.2. The van der Waals surface area contributed by atoms with Crippen LogP contribution in [0.1, 0.15) is 47.9 Å². The van der Waals surface area contributed by atoms with E-state index in [-0.39, 0.29) is 23.8 Å².